The molecule has 23 heavy (non-hydrogen) atoms. The Morgan fingerprint density at radius 2 is 2.09 bits per heavy atom. The lowest BCUT2D eigenvalue weighted by atomic mass is 10.2. The van der Waals surface area contributed by atoms with Crippen LogP contribution in [0.5, 0.6) is 5.75 Å². The van der Waals surface area contributed by atoms with Crippen LogP contribution in [0, 0.1) is 6.92 Å². The highest BCUT2D eigenvalue weighted by Crippen LogP contribution is 2.19. The number of aromatic nitrogens is 2. The summed E-state index contributed by atoms with van der Waals surface area (Å²) in [6.45, 7) is 3.93. The minimum atomic E-state index is -0.238. The Hall–Kier alpha value is -2.63. The molecule has 0 unspecified atom stereocenters. The summed E-state index contributed by atoms with van der Waals surface area (Å²) in [7, 11) is 0. The van der Waals surface area contributed by atoms with Gasteiger partial charge in [-0.15, -0.1) is 0 Å². The number of benzene rings is 1. The molecule has 0 spiro atoms. The van der Waals surface area contributed by atoms with Crippen LogP contribution in [0.1, 0.15) is 18.4 Å². The van der Waals surface area contributed by atoms with Gasteiger partial charge >= 0.3 is 0 Å². The van der Waals surface area contributed by atoms with E-state index < -0.39 is 0 Å². The number of hydrogen-bond acceptors (Lipinski definition) is 5. The van der Waals surface area contributed by atoms with Crippen molar-refractivity contribution >= 4 is 17.5 Å². The lowest BCUT2D eigenvalue weighted by Gasteiger charge is -2.16. The maximum absolute atomic E-state index is 12.0. The van der Waals surface area contributed by atoms with Gasteiger partial charge in [0.05, 0.1) is 0 Å². The molecule has 0 radical (unpaired) electrons. The number of aryl methyl sites for hydroxylation is 1. The fraction of sp³-hybridized carbons (Fsp3) is 0.353. The largest absolute Gasteiger partial charge is 0.484 e. The summed E-state index contributed by atoms with van der Waals surface area (Å²) in [6.07, 6.45) is 3.83. The second-order valence-corrected chi connectivity index (χ2v) is 5.61. The third-order valence-electron chi connectivity index (χ3n) is 3.71. The number of amides is 1. The molecule has 0 saturated carbocycles. The highest BCUT2D eigenvalue weighted by molar-refractivity contribution is 5.91. The van der Waals surface area contributed by atoms with Crippen molar-refractivity contribution in [2.45, 2.75) is 19.8 Å². The Morgan fingerprint density at radius 1 is 1.26 bits per heavy atom. The first kappa shape index (κ1) is 15.3. The van der Waals surface area contributed by atoms with E-state index in [4.69, 9.17) is 4.74 Å². The van der Waals surface area contributed by atoms with Crippen LogP contribution in [0.4, 0.5) is 11.6 Å². The predicted octanol–water partition coefficient (Wildman–Crippen LogP) is 2.40. The predicted molar refractivity (Wildman–Crippen MR) is 88.8 cm³/mol. The van der Waals surface area contributed by atoms with Crippen molar-refractivity contribution in [3.05, 3.63) is 42.2 Å². The minimum absolute atomic E-state index is 0.0491. The van der Waals surface area contributed by atoms with Gasteiger partial charge in [-0.25, -0.2) is 9.97 Å². The van der Waals surface area contributed by atoms with Gasteiger partial charge in [0.15, 0.2) is 6.61 Å². The molecule has 1 fully saturated rings. The number of carbonyl (C=O) groups excluding carboxylic acids is 1. The quantitative estimate of drug-likeness (QED) is 0.918. The van der Waals surface area contributed by atoms with E-state index in [9.17, 15) is 4.79 Å². The van der Waals surface area contributed by atoms with E-state index >= 15 is 0 Å². The van der Waals surface area contributed by atoms with Gasteiger partial charge in [0, 0.05) is 19.2 Å². The first-order valence-electron chi connectivity index (χ1n) is 7.77. The average molecular weight is 312 g/mol. The molecule has 1 aliphatic rings. The summed E-state index contributed by atoms with van der Waals surface area (Å²) in [5.74, 6) is 1.80. The van der Waals surface area contributed by atoms with Gasteiger partial charge in [-0.05, 0) is 37.5 Å². The Labute approximate surface area is 135 Å². The van der Waals surface area contributed by atoms with Crippen LogP contribution < -0.4 is 15.0 Å². The Kier molecular flexibility index (Phi) is 4.71. The molecule has 0 atom stereocenters. The van der Waals surface area contributed by atoms with E-state index in [0.29, 0.717) is 11.6 Å². The van der Waals surface area contributed by atoms with Crippen molar-refractivity contribution in [1.29, 1.82) is 0 Å². The minimum Gasteiger partial charge on any atom is -0.484 e. The normalized spacial score (nSPS) is 13.9. The first-order chi connectivity index (χ1) is 11.2. The van der Waals surface area contributed by atoms with Gasteiger partial charge in [-0.3, -0.25) is 4.79 Å². The highest BCUT2D eigenvalue weighted by atomic mass is 16.5. The lowest BCUT2D eigenvalue weighted by molar-refractivity contribution is -0.118. The van der Waals surface area contributed by atoms with Gasteiger partial charge in [-0.2, -0.15) is 0 Å². The topological polar surface area (TPSA) is 67.3 Å². The third-order valence-corrected chi connectivity index (χ3v) is 3.71. The standard InChI is InChI=1S/C17H20N4O2/c1-13-5-4-6-14(9-13)23-11-17(22)20-15-10-16(19-12-18-15)21-7-2-3-8-21/h4-6,9-10,12H,2-3,7-8,11H2,1H3,(H,18,19,20,22). The van der Waals surface area contributed by atoms with E-state index in [-0.39, 0.29) is 12.5 Å². The van der Waals surface area contributed by atoms with Crippen molar-refractivity contribution in [2.24, 2.45) is 0 Å². The molecule has 2 aromatic rings. The zero-order chi connectivity index (χ0) is 16.1. The van der Waals surface area contributed by atoms with E-state index in [1.165, 1.54) is 19.2 Å². The third kappa shape index (κ3) is 4.18. The first-order valence-corrected chi connectivity index (χ1v) is 7.77. The fourth-order valence-electron chi connectivity index (χ4n) is 2.57. The summed E-state index contributed by atoms with van der Waals surface area (Å²) in [5, 5.41) is 2.75. The van der Waals surface area contributed by atoms with Gasteiger partial charge in [0.25, 0.3) is 5.91 Å². The Bertz CT molecular complexity index is 684. The molecular formula is C17H20N4O2. The summed E-state index contributed by atoms with van der Waals surface area (Å²) in [4.78, 5) is 22.5. The SMILES string of the molecule is Cc1cccc(OCC(=O)Nc2cc(N3CCCC3)ncn2)c1. The van der Waals surface area contributed by atoms with Gasteiger partial charge in [-0.1, -0.05) is 12.1 Å². The number of nitrogens with one attached hydrogen (secondary N) is 1. The number of nitrogens with zero attached hydrogens (tertiary/aromatic N) is 3. The number of ether oxygens (including phenoxy) is 1. The molecule has 0 bridgehead atoms. The van der Waals surface area contributed by atoms with Gasteiger partial charge in [0.2, 0.25) is 0 Å². The fourth-order valence-corrected chi connectivity index (χ4v) is 2.57. The molecule has 2 heterocycles. The molecule has 1 amide bonds. The molecule has 1 aromatic heterocycles. The molecule has 6 heteroatoms. The van der Waals surface area contributed by atoms with Crippen LogP contribution in [0.3, 0.4) is 0 Å². The highest BCUT2D eigenvalue weighted by Gasteiger charge is 2.14. The molecular weight excluding hydrogens is 292 g/mol. The molecule has 1 N–H and O–H groups in total. The Balaban J connectivity index is 1.56. The summed E-state index contributed by atoms with van der Waals surface area (Å²) in [5.41, 5.74) is 1.09. The molecule has 0 aliphatic carbocycles. The molecule has 120 valence electrons. The van der Waals surface area contributed by atoms with Crippen LogP contribution >= 0.6 is 0 Å². The van der Waals surface area contributed by atoms with Crippen molar-refractivity contribution in [3.63, 3.8) is 0 Å². The maximum Gasteiger partial charge on any atom is 0.263 e. The van der Waals surface area contributed by atoms with Crippen molar-refractivity contribution in [1.82, 2.24) is 9.97 Å². The van der Waals surface area contributed by atoms with E-state index in [2.05, 4.69) is 20.2 Å². The lowest BCUT2D eigenvalue weighted by Crippen LogP contribution is -2.22. The van der Waals surface area contributed by atoms with Gasteiger partial charge < -0.3 is 15.0 Å². The van der Waals surface area contributed by atoms with E-state index in [0.717, 1.165) is 24.5 Å². The maximum atomic E-state index is 12.0. The van der Waals surface area contributed by atoms with Crippen LogP contribution in [0.15, 0.2) is 36.7 Å². The van der Waals surface area contributed by atoms with Crippen LogP contribution in [0.2, 0.25) is 0 Å². The van der Waals surface area contributed by atoms with E-state index in [1.54, 1.807) is 6.07 Å². The van der Waals surface area contributed by atoms with Crippen molar-refractivity contribution < 1.29 is 9.53 Å². The molecule has 1 saturated heterocycles. The van der Waals surface area contributed by atoms with Gasteiger partial charge in [0.1, 0.15) is 23.7 Å². The summed E-state index contributed by atoms with van der Waals surface area (Å²) < 4.78 is 5.49. The second-order valence-electron chi connectivity index (χ2n) is 5.61. The number of anilines is 2. The van der Waals surface area contributed by atoms with Crippen LogP contribution in [0.25, 0.3) is 0 Å². The molecule has 3 rings (SSSR count). The van der Waals surface area contributed by atoms with E-state index in [1.807, 2.05) is 31.2 Å². The zero-order valence-electron chi connectivity index (χ0n) is 13.2. The van der Waals surface area contributed by atoms with Crippen LogP contribution in [-0.2, 0) is 4.79 Å². The van der Waals surface area contributed by atoms with Crippen LogP contribution in [-0.4, -0.2) is 35.6 Å². The molecule has 1 aromatic carbocycles. The zero-order valence-corrected chi connectivity index (χ0v) is 13.2. The average Bonchev–Trinajstić information content (AvgIpc) is 3.08. The monoisotopic (exact) mass is 312 g/mol. The molecule has 6 nitrogen and oxygen atoms in total. The molecule has 1 aliphatic heterocycles. The number of hydrogen-bond donors (Lipinski definition) is 1. The number of rotatable bonds is 5. The second kappa shape index (κ2) is 7.09. The smallest absolute Gasteiger partial charge is 0.263 e. The Morgan fingerprint density at radius 3 is 2.87 bits per heavy atom. The van der Waals surface area contributed by atoms with Crippen molar-refractivity contribution in [3.8, 4) is 5.75 Å². The summed E-state index contributed by atoms with van der Waals surface area (Å²) >= 11 is 0. The summed E-state index contributed by atoms with van der Waals surface area (Å²) in [6, 6.07) is 9.40. The number of carbonyl (C=O) groups is 1. The van der Waals surface area contributed by atoms with Crippen molar-refractivity contribution in [2.75, 3.05) is 29.9 Å².